The maximum absolute atomic E-state index is 13.4. The molecule has 1 aromatic carbocycles. The minimum Gasteiger partial charge on any atom is -0.289 e. The van der Waals surface area contributed by atoms with E-state index >= 15 is 0 Å². The number of pyridine rings is 1. The van der Waals surface area contributed by atoms with E-state index in [1.807, 2.05) is 6.07 Å². The Labute approximate surface area is 130 Å². The number of hydrogen-bond donors (Lipinski definition) is 1. The topological polar surface area (TPSA) is 63.0 Å². The van der Waals surface area contributed by atoms with Crippen LogP contribution in [-0.2, 0) is 0 Å². The third-order valence-electron chi connectivity index (χ3n) is 3.51. The summed E-state index contributed by atoms with van der Waals surface area (Å²) in [5.74, 6) is -0.337. The fourth-order valence-corrected chi connectivity index (χ4v) is 2.44. The Hall–Kier alpha value is -3.28. The molecule has 112 valence electrons. The molecule has 0 radical (unpaired) electrons. The number of benzene rings is 1. The van der Waals surface area contributed by atoms with E-state index in [-0.39, 0.29) is 11.4 Å². The van der Waals surface area contributed by atoms with Crippen LogP contribution in [0.2, 0.25) is 0 Å². The standard InChI is InChI=1S/C17H11FN4O/c18-12-5-3-4-11(8-12)14-9-16-20-15(10-17(23)22(16)21-14)13-6-1-2-7-19-13/h1-10,21H. The van der Waals surface area contributed by atoms with Crippen LogP contribution >= 0.6 is 0 Å². The Kier molecular flexibility index (Phi) is 3.01. The lowest BCUT2D eigenvalue weighted by molar-refractivity contribution is 0.628. The summed E-state index contributed by atoms with van der Waals surface area (Å²) in [5.41, 5.74) is 2.60. The molecule has 4 rings (SSSR count). The van der Waals surface area contributed by atoms with Crippen LogP contribution in [0.25, 0.3) is 28.3 Å². The van der Waals surface area contributed by atoms with Crippen molar-refractivity contribution >= 4 is 5.65 Å². The van der Waals surface area contributed by atoms with Crippen molar-refractivity contribution in [3.63, 3.8) is 0 Å². The van der Waals surface area contributed by atoms with E-state index in [1.165, 1.54) is 22.7 Å². The number of nitrogens with one attached hydrogen (secondary N) is 1. The molecule has 0 aliphatic rings. The normalized spacial score (nSPS) is 11.0. The van der Waals surface area contributed by atoms with Crippen molar-refractivity contribution in [1.82, 2.24) is 19.6 Å². The van der Waals surface area contributed by atoms with E-state index in [0.29, 0.717) is 28.3 Å². The Bertz CT molecular complexity index is 1050. The number of H-pyrrole nitrogens is 1. The second-order valence-corrected chi connectivity index (χ2v) is 5.07. The van der Waals surface area contributed by atoms with E-state index in [2.05, 4.69) is 15.1 Å². The largest absolute Gasteiger partial charge is 0.289 e. The Morgan fingerprint density at radius 3 is 2.70 bits per heavy atom. The van der Waals surface area contributed by atoms with Gasteiger partial charge in [0.15, 0.2) is 5.65 Å². The summed E-state index contributed by atoms with van der Waals surface area (Å²) in [7, 11) is 0. The van der Waals surface area contributed by atoms with Crippen LogP contribution in [0.1, 0.15) is 0 Å². The fraction of sp³-hybridized carbons (Fsp3) is 0. The molecular formula is C17H11FN4O. The number of nitrogens with zero attached hydrogens (tertiary/aromatic N) is 3. The van der Waals surface area contributed by atoms with E-state index in [1.54, 1.807) is 36.5 Å². The number of aromatic amines is 1. The Balaban J connectivity index is 1.89. The summed E-state index contributed by atoms with van der Waals surface area (Å²) in [6, 6.07) is 14.7. The molecule has 0 unspecified atom stereocenters. The highest BCUT2D eigenvalue weighted by molar-refractivity contribution is 5.66. The predicted molar refractivity (Wildman–Crippen MR) is 84.4 cm³/mol. The summed E-state index contributed by atoms with van der Waals surface area (Å²) in [4.78, 5) is 20.9. The molecule has 0 atom stereocenters. The monoisotopic (exact) mass is 306 g/mol. The number of hydrogen-bond acceptors (Lipinski definition) is 3. The lowest BCUT2D eigenvalue weighted by Gasteiger charge is -1.99. The van der Waals surface area contributed by atoms with Crippen LogP contribution in [0, 0.1) is 5.82 Å². The SMILES string of the molecule is O=c1cc(-c2ccccn2)nc2cc(-c3cccc(F)c3)[nH]n12. The van der Waals surface area contributed by atoms with Crippen LogP contribution in [0.15, 0.2) is 65.6 Å². The molecule has 0 aliphatic carbocycles. The molecule has 4 aromatic rings. The second kappa shape index (κ2) is 5.17. The van der Waals surface area contributed by atoms with Crippen LogP contribution in [-0.4, -0.2) is 19.6 Å². The maximum Gasteiger partial charge on any atom is 0.273 e. The van der Waals surface area contributed by atoms with Gasteiger partial charge in [-0.25, -0.2) is 13.9 Å². The average molecular weight is 306 g/mol. The molecule has 3 aromatic heterocycles. The number of halogens is 1. The number of rotatable bonds is 2. The highest BCUT2D eigenvalue weighted by atomic mass is 19.1. The summed E-state index contributed by atoms with van der Waals surface area (Å²) in [6.45, 7) is 0. The van der Waals surface area contributed by atoms with E-state index < -0.39 is 0 Å². The van der Waals surface area contributed by atoms with Crippen molar-refractivity contribution in [3.05, 3.63) is 77.0 Å². The minimum absolute atomic E-state index is 0.252. The zero-order chi connectivity index (χ0) is 15.8. The van der Waals surface area contributed by atoms with Crippen LogP contribution in [0.3, 0.4) is 0 Å². The van der Waals surface area contributed by atoms with Gasteiger partial charge in [0.25, 0.3) is 5.56 Å². The summed E-state index contributed by atoms with van der Waals surface area (Å²) in [6.07, 6.45) is 1.65. The molecular weight excluding hydrogens is 295 g/mol. The lowest BCUT2D eigenvalue weighted by Crippen LogP contribution is -2.14. The summed E-state index contributed by atoms with van der Waals surface area (Å²) >= 11 is 0. The second-order valence-electron chi connectivity index (χ2n) is 5.07. The van der Waals surface area contributed by atoms with Gasteiger partial charge in [0.2, 0.25) is 0 Å². The molecule has 23 heavy (non-hydrogen) atoms. The smallest absolute Gasteiger partial charge is 0.273 e. The van der Waals surface area contributed by atoms with Gasteiger partial charge in [-0.3, -0.25) is 14.9 Å². The van der Waals surface area contributed by atoms with Gasteiger partial charge in [-0.1, -0.05) is 18.2 Å². The van der Waals surface area contributed by atoms with Gasteiger partial charge >= 0.3 is 0 Å². The third kappa shape index (κ3) is 2.40. The molecule has 0 saturated carbocycles. The molecule has 3 heterocycles. The van der Waals surface area contributed by atoms with Gasteiger partial charge < -0.3 is 0 Å². The molecule has 6 heteroatoms. The van der Waals surface area contributed by atoms with E-state index in [4.69, 9.17) is 0 Å². The van der Waals surface area contributed by atoms with Crippen LogP contribution in [0.5, 0.6) is 0 Å². The molecule has 0 spiro atoms. The molecule has 0 fully saturated rings. The third-order valence-corrected chi connectivity index (χ3v) is 3.51. The van der Waals surface area contributed by atoms with Crippen molar-refractivity contribution in [2.24, 2.45) is 0 Å². The number of fused-ring (bicyclic) bond motifs is 1. The minimum atomic E-state index is -0.337. The van der Waals surface area contributed by atoms with E-state index in [9.17, 15) is 9.18 Å². The van der Waals surface area contributed by atoms with Gasteiger partial charge in [0.05, 0.1) is 17.1 Å². The fourth-order valence-electron chi connectivity index (χ4n) is 2.44. The van der Waals surface area contributed by atoms with Gasteiger partial charge in [0, 0.05) is 23.9 Å². The first kappa shape index (κ1) is 13.4. The zero-order valence-corrected chi connectivity index (χ0v) is 11.9. The van der Waals surface area contributed by atoms with Gasteiger partial charge in [-0.05, 0) is 24.3 Å². The lowest BCUT2D eigenvalue weighted by atomic mass is 10.1. The zero-order valence-electron chi connectivity index (χ0n) is 11.9. The van der Waals surface area contributed by atoms with Gasteiger partial charge in [-0.2, -0.15) is 0 Å². The van der Waals surface area contributed by atoms with Gasteiger partial charge in [0.1, 0.15) is 5.82 Å². The molecule has 0 saturated heterocycles. The van der Waals surface area contributed by atoms with Crippen molar-refractivity contribution < 1.29 is 4.39 Å². The molecule has 0 aliphatic heterocycles. The van der Waals surface area contributed by atoms with Crippen molar-refractivity contribution in [2.45, 2.75) is 0 Å². The highest BCUT2D eigenvalue weighted by Crippen LogP contribution is 2.20. The average Bonchev–Trinajstić information content (AvgIpc) is 3.00. The van der Waals surface area contributed by atoms with Crippen molar-refractivity contribution in [1.29, 1.82) is 0 Å². The highest BCUT2D eigenvalue weighted by Gasteiger charge is 2.10. The van der Waals surface area contributed by atoms with Crippen LogP contribution in [0.4, 0.5) is 4.39 Å². The van der Waals surface area contributed by atoms with Crippen molar-refractivity contribution in [3.8, 4) is 22.6 Å². The molecule has 0 amide bonds. The Morgan fingerprint density at radius 1 is 1.00 bits per heavy atom. The van der Waals surface area contributed by atoms with E-state index in [0.717, 1.165) is 0 Å². The molecule has 1 N–H and O–H groups in total. The number of aromatic nitrogens is 4. The molecule has 0 bridgehead atoms. The quantitative estimate of drug-likeness (QED) is 0.619. The first-order valence-electron chi connectivity index (χ1n) is 7.01. The maximum atomic E-state index is 13.4. The first-order chi connectivity index (χ1) is 11.2. The summed E-state index contributed by atoms with van der Waals surface area (Å²) in [5, 5.41) is 2.94. The Morgan fingerprint density at radius 2 is 1.91 bits per heavy atom. The first-order valence-corrected chi connectivity index (χ1v) is 7.01. The van der Waals surface area contributed by atoms with Crippen LogP contribution < -0.4 is 5.56 Å². The van der Waals surface area contributed by atoms with Crippen molar-refractivity contribution in [2.75, 3.05) is 0 Å². The predicted octanol–water partition coefficient (Wildman–Crippen LogP) is 2.89. The summed E-state index contributed by atoms with van der Waals surface area (Å²) < 4.78 is 14.7. The van der Waals surface area contributed by atoms with Gasteiger partial charge in [-0.15, -0.1) is 0 Å². The molecule has 5 nitrogen and oxygen atoms in total.